The first-order valence-corrected chi connectivity index (χ1v) is 15.1. The fraction of sp³-hybridized carbons (Fsp3) is 0.286. The van der Waals surface area contributed by atoms with Crippen molar-refractivity contribution in [3.63, 3.8) is 0 Å². The van der Waals surface area contributed by atoms with Crippen LogP contribution in [0.4, 0.5) is 20.3 Å². The molecule has 2 aromatic heterocycles. The number of amides is 2. The van der Waals surface area contributed by atoms with E-state index in [0.29, 0.717) is 16.4 Å². The minimum absolute atomic E-state index is 0.0478. The highest BCUT2D eigenvalue weighted by Gasteiger charge is 2.36. The first kappa shape index (κ1) is 28.6. The van der Waals surface area contributed by atoms with Crippen molar-refractivity contribution in [3.8, 4) is 0 Å². The van der Waals surface area contributed by atoms with Crippen LogP contribution in [0.1, 0.15) is 24.0 Å². The number of benzene rings is 2. The van der Waals surface area contributed by atoms with E-state index in [1.165, 1.54) is 29.5 Å². The highest BCUT2D eigenvalue weighted by Crippen LogP contribution is 2.30. The Morgan fingerprint density at radius 2 is 1.83 bits per heavy atom. The lowest BCUT2D eigenvalue weighted by Crippen LogP contribution is -2.44. The predicted molar refractivity (Wildman–Crippen MR) is 153 cm³/mol. The molecule has 0 bridgehead atoms. The number of thiazole rings is 1. The fourth-order valence-electron chi connectivity index (χ4n) is 4.92. The molecule has 2 aromatic carbocycles. The van der Waals surface area contributed by atoms with Gasteiger partial charge in [-0.05, 0) is 66.8 Å². The summed E-state index contributed by atoms with van der Waals surface area (Å²) >= 11 is 1.46. The topological polar surface area (TPSA) is 104 Å². The quantitative estimate of drug-likeness (QED) is 0.284. The Hall–Kier alpha value is -3.97. The molecule has 0 saturated carbocycles. The SMILES string of the molecule is CN(C(=O)[C@@H](CCC(=O)N(C)S(=O)(=O)N1CCc2cccnc21)Cc1cc(F)cc(F)c1)c1ccc2scnc2c1. The Kier molecular flexibility index (Phi) is 8.00. The molecule has 5 rings (SSSR count). The molecule has 4 aromatic rings. The number of hydrogen-bond acceptors (Lipinski definition) is 7. The average Bonchev–Trinajstić information content (AvgIpc) is 3.60. The van der Waals surface area contributed by atoms with E-state index in [0.717, 1.165) is 38.3 Å². The molecule has 0 unspecified atom stereocenters. The number of carbonyl (C=O) groups excluding carboxylic acids is 2. The van der Waals surface area contributed by atoms with E-state index < -0.39 is 33.7 Å². The molecule has 214 valence electrons. The largest absolute Gasteiger partial charge is 0.329 e. The summed E-state index contributed by atoms with van der Waals surface area (Å²) in [6.45, 7) is 0.159. The summed E-state index contributed by atoms with van der Waals surface area (Å²) in [7, 11) is -1.46. The van der Waals surface area contributed by atoms with Crippen molar-refractivity contribution in [1.82, 2.24) is 14.3 Å². The number of fused-ring (bicyclic) bond motifs is 2. The van der Waals surface area contributed by atoms with Crippen LogP contribution >= 0.6 is 11.3 Å². The molecule has 0 fully saturated rings. The molecule has 0 N–H and O–H groups in total. The van der Waals surface area contributed by atoms with E-state index in [2.05, 4.69) is 9.97 Å². The van der Waals surface area contributed by atoms with Gasteiger partial charge < -0.3 is 4.90 Å². The zero-order chi connectivity index (χ0) is 29.3. The smallest absolute Gasteiger partial charge is 0.315 e. The normalized spacial score (nSPS) is 13.7. The number of hydrogen-bond donors (Lipinski definition) is 0. The maximum Gasteiger partial charge on any atom is 0.329 e. The van der Waals surface area contributed by atoms with Gasteiger partial charge in [0.15, 0.2) is 0 Å². The first-order chi connectivity index (χ1) is 19.5. The van der Waals surface area contributed by atoms with Crippen molar-refractivity contribution in [1.29, 1.82) is 0 Å². The number of halogens is 2. The first-order valence-electron chi connectivity index (χ1n) is 12.8. The minimum Gasteiger partial charge on any atom is -0.315 e. The summed E-state index contributed by atoms with van der Waals surface area (Å²) in [6.07, 6.45) is 1.58. The molecule has 1 aliphatic rings. The molecular formula is C28H27F2N5O4S2. The molecular weight excluding hydrogens is 572 g/mol. The average molecular weight is 600 g/mol. The minimum atomic E-state index is -4.21. The molecule has 41 heavy (non-hydrogen) atoms. The third kappa shape index (κ3) is 5.91. The lowest BCUT2D eigenvalue weighted by atomic mass is 9.93. The Morgan fingerprint density at radius 3 is 2.59 bits per heavy atom. The van der Waals surface area contributed by atoms with Crippen molar-refractivity contribution in [2.45, 2.75) is 25.7 Å². The molecule has 0 spiro atoms. The third-order valence-electron chi connectivity index (χ3n) is 7.16. The number of carbonyl (C=O) groups is 2. The van der Waals surface area contributed by atoms with Gasteiger partial charge in [0, 0.05) is 50.9 Å². The van der Waals surface area contributed by atoms with Crippen LogP contribution in [0.5, 0.6) is 0 Å². The Bertz CT molecular complexity index is 1710. The van der Waals surface area contributed by atoms with Crippen LogP contribution in [0.15, 0.2) is 60.2 Å². The second-order valence-electron chi connectivity index (χ2n) is 9.80. The van der Waals surface area contributed by atoms with E-state index >= 15 is 0 Å². The molecule has 0 radical (unpaired) electrons. The van der Waals surface area contributed by atoms with Gasteiger partial charge in [-0.3, -0.25) is 9.59 Å². The molecule has 3 heterocycles. The second kappa shape index (κ2) is 11.5. The van der Waals surface area contributed by atoms with Crippen LogP contribution in [0.25, 0.3) is 10.2 Å². The summed E-state index contributed by atoms with van der Waals surface area (Å²) in [4.78, 5) is 36.7. The van der Waals surface area contributed by atoms with Gasteiger partial charge in [-0.1, -0.05) is 6.07 Å². The standard InChI is InChI=1S/C28H27F2N5O4S2/c1-33(23-6-7-25-24(16-23)32-17-40-25)28(37)20(12-18-13-21(29)15-22(30)14-18)5-8-26(36)34(2)41(38,39)35-11-9-19-4-3-10-31-27(19)35/h3-4,6-7,10,13-17,20H,5,8-9,11-12H2,1-2H3/t20-/m0/s1. The van der Waals surface area contributed by atoms with E-state index in [9.17, 15) is 26.8 Å². The number of pyridine rings is 1. The van der Waals surface area contributed by atoms with E-state index in [4.69, 9.17) is 0 Å². The van der Waals surface area contributed by atoms with Gasteiger partial charge in [-0.25, -0.2) is 27.4 Å². The second-order valence-corrected chi connectivity index (χ2v) is 12.6. The van der Waals surface area contributed by atoms with Crippen molar-refractivity contribution >= 4 is 55.1 Å². The van der Waals surface area contributed by atoms with Gasteiger partial charge in [0.05, 0.1) is 15.7 Å². The zero-order valence-electron chi connectivity index (χ0n) is 22.3. The summed E-state index contributed by atoms with van der Waals surface area (Å²) in [5, 5.41) is 0. The number of aromatic nitrogens is 2. The molecule has 2 amide bonds. The molecule has 0 saturated heterocycles. The van der Waals surface area contributed by atoms with Gasteiger partial charge in [0.2, 0.25) is 11.8 Å². The van der Waals surface area contributed by atoms with Gasteiger partial charge in [-0.2, -0.15) is 8.42 Å². The summed E-state index contributed by atoms with van der Waals surface area (Å²) < 4.78 is 57.2. The highest BCUT2D eigenvalue weighted by atomic mass is 32.2. The van der Waals surface area contributed by atoms with Gasteiger partial charge in [0.1, 0.15) is 17.5 Å². The van der Waals surface area contributed by atoms with E-state index in [1.54, 1.807) is 36.8 Å². The van der Waals surface area contributed by atoms with Crippen LogP contribution in [-0.4, -0.2) is 55.1 Å². The van der Waals surface area contributed by atoms with Crippen molar-refractivity contribution < 1.29 is 26.8 Å². The zero-order valence-corrected chi connectivity index (χ0v) is 24.0. The van der Waals surface area contributed by atoms with Crippen LogP contribution < -0.4 is 9.21 Å². The third-order valence-corrected chi connectivity index (χ3v) is 9.77. The summed E-state index contributed by atoms with van der Waals surface area (Å²) in [5.41, 5.74) is 4.00. The molecule has 9 nitrogen and oxygen atoms in total. The van der Waals surface area contributed by atoms with Crippen LogP contribution in [0.2, 0.25) is 0 Å². The van der Waals surface area contributed by atoms with Crippen LogP contribution in [0.3, 0.4) is 0 Å². The van der Waals surface area contributed by atoms with E-state index in [-0.39, 0.29) is 43.1 Å². The molecule has 1 atom stereocenters. The molecule has 13 heteroatoms. The monoisotopic (exact) mass is 599 g/mol. The van der Waals surface area contributed by atoms with E-state index in [1.807, 2.05) is 6.07 Å². The Labute approximate surface area is 240 Å². The summed E-state index contributed by atoms with van der Waals surface area (Å²) in [6, 6.07) is 11.9. The van der Waals surface area contributed by atoms with Gasteiger partial charge >= 0.3 is 10.2 Å². The molecule has 0 aliphatic carbocycles. The van der Waals surface area contributed by atoms with Gasteiger partial charge in [-0.15, -0.1) is 11.3 Å². The Balaban J connectivity index is 1.35. The highest BCUT2D eigenvalue weighted by molar-refractivity contribution is 7.91. The lowest BCUT2D eigenvalue weighted by Gasteiger charge is -2.27. The number of anilines is 2. The van der Waals surface area contributed by atoms with Crippen LogP contribution in [0, 0.1) is 17.6 Å². The lowest BCUT2D eigenvalue weighted by molar-refractivity contribution is -0.126. The maximum absolute atomic E-state index is 13.9. The molecule has 1 aliphatic heterocycles. The number of nitrogens with zero attached hydrogens (tertiary/aromatic N) is 5. The Morgan fingerprint density at radius 1 is 1.07 bits per heavy atom. The summed E-state index contributed by atoms with van der Waals surface area (Å²) in [5.74, 6) is -3.26. The number of rotatable bonds is 9. The van der Waals surface area contributed by atoms with Crippen molar-refractivity contribution in [2.24, 2.45) is 5.92 Å². The maximum atomic E-state index is 13.9. The fourth-order valence-corrected chi connectivity index (χ4v) is 6.92. The predicted octanol–water partition coefficient (Wildman–Crippen LogP) is 4.34. The van der Waals surface area contributed by atoms with Gasteiger partial charge in [0.25, 0.3) is 0 Å². The van der Waals surface area contributed by atoms with Crippen LogP contribution in [-0.2, 0) is 32.6 Å². The van der Waals surface area contributed by atoms with Crippen molar-refractivity contribution in [2.75, 3.05) is 29.8 Å². The van der Waals surface area contributed by atoms with Crippen molar-refractivity contribution in [3.05, 3.63) is 83.0 Å².